The van der Waals surface area contributed by atoms with Gasteiger partial charge in [-0.05, 0) is 36.6 Å². The minimum atomic E-state index is -0.556. The van der Waals surface area contributed by atoms with Crippen LogP contribution in [0.4, 0.5) is 0 Å². The van der Waals surface area contributed by atoms with Crippen molar-refractivity contribution in [3.05, 3.63) is 40.9 Å². The third kappa shape index (κ3) is 4.07. The van der Waals surface area contributed by atoms with Crippen LogP contribution >= 0.6 is 11.6 Å². The number of halogens is 1. The molecule has 1 aromatic rings. The Kier molecular flexibility index (Phi) is 5.17. The predicted molar refractivity (Wildman–Crippen MR) is 78.5 cm³/mol. The maximum Gasteiger partial charge on any atom is 0.244 e. The summed E-state index contributed by atoms with van der Waals surface area (Å²) >= 11 is 5.80. The zero-order chi connectivity index (χ0) is 14.4. The molecule has 2 N–H and O–H groups in total. The van der Waals surface area contributed by atoms with Crippen LogP contribution in [0.2, 0.25) is 5.02 Å². The van der Waals surface area contributed by atoms with Crippen molar-refractivity contribution < 1.29 is 14.6 Å². The largest absolute Gasteiger partial charge is 0.394 e. The second-order valence-electron chi connectivity index (χ2n) is 4.92. The number of carbonyl (C=O) groups excluding carboxylic acids is 1. The molecule has 0 radical (unpaired) electrons. The van der Waals surface area contributed by atoms with E-state index in [2.05, 4.69) is 5.32 Å². The lowest BCUT2D eigenvalue weighted by molar-refractivity contribution is -0.120. The number of benzene rings is 1. The first kappa shape index (κ1) is 15.0. The van der Waals surface area contributed by atoms with Crippen molar-refractivity contribution in [2.75, 3.05) is 19.8 Å². The first-order chi connectivity index (χ1) is 9.63. The van der Waals surface area contributed by atoms with Crippen LogP contribution in [0.3, 0.4) is 0 Å². The predicted octanol–water partition coefficient (Wildman–Crippen LogP) is 2.01. The maximum atomic E-state index is 11.9. The standard InChI is InChI=1S/C15H18ClNO3/c16-13-4-1-12(2-5-13)3-6-14(19)17-15(11-18)7-9-20-10-8-15/h1-6,18H,7-11H2,(H,17,19)/b6-3+. The molecule has 1 aromatic carbocycles. The van der Waals surface area contributed by atoms with Gasteiger partial charge >= 0.3 is 0 Å². The summed E-state index contributed by atoms with van der Waals surface area (Å²) in [6.07, 6.45) is 4.44. The monoisotopic (exact) mass is 295 g/mol. The van der Waals surface area contributed by atoms with Crippen molar-refractivity contribution in [3.63, 3.8) is 0 Å². The highest BCUT2D eigenvalue weighted by molar-refractivity contribution is 6.30. The Morgan fingerprint density at radius 2 is 2.00 bits per heavy atom. The van der Waals surface area contributed by atoms with Crippen LogP contribution in [0.25, 0.3) is 6.08 Å². The van der Waals surface area contributed by atoms with Crippen molar-refractivity contribution in [3.8, 4) is 0 Å². The molecule has 0 aliphatic carbocycles. The normalized spacial score (nSPS) is 18.1. The lowest BCUT2D eigenvalue weighted by Crippen LogP contribution is -2.54. The van der Waals surface area contributed by atoms with Crippen molar-refractivity contribution >= 4 is 23.6 Å². The molecular weight excluding hydrogens is 278 g/mol. The molecule has 108 valence electrons. The van der Waals surface area contributed by atoms with Crippen molar-refractivity contribution in [1.82, 2.24) is 5.32 Å². The number of hydrogen-bond acceptors (Lipinski definition) is 3. The third-order valence-corrected chi connectivity index (χ3v) is 3.69. The van der Waals surface area contributed by atoms with Gasteiger partial charge in [-0.1, -0.05) is 23.7 Å². The molecular formula is C15H18ClNO3. The second kappa shape index (κ2) is 6.88. The highest BCUT2D eigenvalue weighted by Gasteiger charge is 2.32. The summed E-state index contributed by atoms with van der Waals surface area (Å²) in [4.78, 5) is 11.9. The van der Waals surface area contributed by atoms with Crippen LogP contribution in [0, 0.1) is 0 Å². The Morgan fingerprint density at radius 3 is 2.60 bits per heavy atom. The molecule has 2 rings (SSSR count). The van der Waals surface area contributed by atoms with Crippen LogP contribution in [0.1, 0.15) is 18.4 Å². The Balaban J connectivity index is 1.95. The van der Waals surface area contributed by atoms with Gasteiger partial charge in [-0.25, -0.2) is 0 Å². The highest BCUT2D eigenvalue weighted by atomic mass is 35.5. The van der Waals surface area contributed by atoms with Gasteiger partial charge in [0, 0.05) is 24.3 Å². The number of carbonyl (C=O) groups is 1. The smallest absolute Gasteiger partial charge is 0.244 e. The molecule has 0 bridgehead atoms. The summed E-state index contributed by atoms with van der Waals surface area (Å²) < 4.78 is 5.26. The van der Waals surface area contributed by atoms with Crippen LogP contribution in [0.5, 0.6) is 0 Å². The molecule has 1 aliphatic rings. The van der Waals surface area contributed by atoms with E-state index in [-0.39, 0.29) is 12.5 Å². The van der Waals surface area contributed by atoms with E-state index < -0.39 is 5.54 Å². The van der Waals surface area contributed by atoms with Gasteiger partial charge in [-0.2, -0.15) is 0 Å². The molecule has 0 aromatic heterocycles. The quantitative estimate of drug-likeness (QED) is 0.836. The molecule has 0 atom stereocenters. The van der Waals surface area contributed by atoms with Gasteiger partial charge in [-0.15, -0.1) is 0 Å². The zero-order valence-corrected chi connectivity index (χ0v) is 11.9. The number of rotatable bonds is 4. The molecule has 4 nitrogen and oxygen atoms in total. The van der Waals surface area contributed by atoms with Crippen molar-refractivity contribution in [2.45, 2.75) is 18.4 Å². The molecule has 1 aliphatic heterocycles. The van der Waals surface area contributed by atoms with Crippen molar-refractivity contribution in [2.24, 2.45) is 0 Å². The number of nitrogens with one attached hydrogen (secondary N) is 1. The van der Waals surface area contributed by atoms with E-state index >= 15 is 0 Å². The number of aliphatic hydroxyl groups excluding tert-OH is 1. The molecule has 0 saturated carbocycles. The lowest BCUT2D eigenvalue weighted by Gasteiger charge is -2.35. The Bertz CT molecular complexity index is 478. The number of ether oxygens (including phenoxy) is 1. The Labute approximate surface area is 123 Å². The number of amides is 1. The maximum absolute atomic E-state index is 11.9. The fraction of sp³-hybridized carbons (Fsp3) is 0.400. The average molecular weight is 296 g/mol. The summed E-state index contributed by atoms with van der Waals surface area (Å²) in [5.41, 5.74) is 0.342. The van der Waals surface area contributed by atoms with Crippen molar-refractivity contribution in [1.29, 1.82) is 0 Å². The van der Waals surface area contributed by atoms with E-state index in [0.29, 0.717) is 31.1 Å². The Hall–Kier alpha value is -1.36. The van der Waals surface area contributed by atoms with Gasteiger partial charge in [0.15, 0.2) is 0 Å². The van der Waals surface area contributed by atoms with E-state index in [4.69, 9.17) is 16.3 Å². The fourth-order valence-corrected chi connectivity index (χ4v) is 2.26. The Morgan fingerprint density at radius 1 is 1.35 bits per heavy atom. The first-order valence-electron chi connectivity index (χ1n) is 6.58. The van der Waals surface area contributed by atoms with Crippen LogP contribution in [-0.4, -0.2) is 36.4 Å². The van der Waals surface area contributed by atoms with Crippen LogP contribution < -0.4 is 5.32 Å². The van der Waals surface area contributed by atoms with E-state index in [1.54, 1.807) is 18.2 Å². The molecule has 0 unspecified atom stereocenters. The fourth-order valence-electron chi connectivity index (χ4n) is 2.13. The van der Waals surface area contributed by atoms with Crippen LogP contribution in [-0.2, 0) is 9.53 Å². The van der Waals surface area contributed by atoms with Gasteiger partial charge in [0.1, 0.15) is 0 Å². The van der Waals surface area contributed by atoms with Gasteiger partial charge in [-0.3, -0.25) is 4.79 Å². The first-order valence-corrected chi connectivity index (χ1v) is 6.96. The molecule has 1 heterocycles. The lowest BCUT2D eigenvalue weighted by atomic mass is 9.91. The van der Waals surface area contributed by atoms with Gasteiger partial charge in [0.05, 0.1) is 12.1 Å². The summed E-state index contributed by atoms with van der Waals surface area (Å²) in [6.45, 7) is 1.04. The van der Waals surface area contributed by atoms with Gasteiger partial charge in [0.2, 0.25) is 5.91 Å². The van der Waals surface area contributed by atoms with E-state index in [9.17, 15) is 9.90 Å². The number of hydrogen-bond donors (Lipinski definition) is 2. The SMILES string of the molecule is O=C(/C=C/c1ccc(Cl)cc1)NC1(CO)CCOCC1. The van der Waals surface area contributed by atoms with Crippen LogP contribution in [0.15, 0.2) is 30.3 Å². The van der Waals surface area contributed by atoms with E-state index in [0.717, 1.165) is 5.56 Å². The number of aliphatic hydroxyl groups is 1. The third-order valence-electron chi connectivity index (χ3n) is 3.44. The summed E-state index contributed by atoms with van der Waals surface area (Å²) in [7, 11) is 0. The van der Waals surface area contributed by atoms with Gasteiger partial charge in [0.25, 0.3) is 0 Å². The second-order valence-corrected chi connectivity index (χ2v) is 5.36. The zero-order valence-electron chi connectivity index (χ0n) is 11.1. The van der Waals surface area contributed by atoms with E-state index in [1.807, 2.05) is 12.1 Å². The summed E-state index contributed by atoms with van der Waals surface area (Å²) in [5, 5.41) is 13.0. The molecule has 1 saturated heterocycles. The average Bonchev–Trinajstić information content (AvgIpc) is 2.47. The minimum Gasteiger partial charge on any atom is -0.394 e. The summed E-state index contributed by atoms with van der Waals surface area (Å²) in [5.74, 6) is -0.212. The molecule has 0 spiro atoms. The molecule has 1 fully saturated rings. The highest BCUT2D eigenvalue weighted by Crippen LogP contribution is 2.20. The molecule has 1 amide bonds. The molecule has 5 heteroatoms. The summed E-state index contributed by atoms with van der Waals surface area (Å²) in [6, 6.07) is 7.21. The van der Waals surface area contributed by atoms with Gasteiger partial charge < -0.3 is 15.2 Å². The van der Waals surface area contributed by atoms with E-state index in [1.165, 1.54) is 6.08 Å². The molecule has 20 heavy (non-hydrogen) atoms. The minimum absolute atomic E-state index is 0.0725. The topological polar surface area (TPSA) is 58.6 Å².